The quantitative estimate of drug-likeness (QED) is 0.645. The van der Waals surface area contributed by atoms with Gasteiger partial charge in [0, 0.05) is 38.7 Å². The summed E-state index contributed by atoms with van der Waals surface area (Å²) in [6, 6.07) is 17.1. The third-order valence-electron chi connectivity index (χ3n) is 5.37. The van der Waals surface area contributed by atoms with Crippen LogP contribution in [-0.2, 0) is 4.79 Å². The van der Waals surface area contributed by atoms with E-state index >= 15 is 0 Å². The molecule has 4 rings (SSSR count). The molecule has 1 aromatic heterocycles. The maximum absolute atomic E-state index is 13.4. The molecule has 0 spiro atoms. The molecule has 6 nitrogen and oxygen atoms in total. The van der Waals surface area contributed by atoms with Crippen LogP contribution < -0.4 is 0 Å². The van der Waals surface area contributed by atoms with Crippen LogP contribution >= 0.6 is 11.6 Å². The van der Waals surface area contributed by atoms with Gasteiger partial charge in [-0.25, -0.2) is 4.68 Å². The third-order valence-corrected chi connectivity index (χ3v) is 5.70. The molecule has 7 heteroatoms. The van der Waals surface area contributed by atoms with Gasteiger partial charge in [0.15, 0.2) is 0 Å². The summed E-state index contributed by atoms with van der Waals surface area (Å²) < 4.78 is 1.68. The van der Waals surface area contributed by atoms with E-state index in [1.165, 1.54) is 0 Å². The summed E-state index contributed by atoms with van der Waals surface area (Å²) in [4.78, 5) is 28.5. The molecule has 0 N–H and O–H groups in total. The SMILES string of the molecule is CC(=O)N1CCN(C(=O)c2cc(-c3ccccc3Cl)nn2-c2ccc(C)cc2)CC1. The first-order chi connectivity index (χ1) is 14.4. The molecule has 0 atom stereocenters. The minimum Gasteiger partial charge on any atom is -0.339 e. The van der Waals surface area contributed by atoms with Gasteiger partial charge in [-0.05, 0) is 31.2 Å². The average molecular weight is 423 g/mol. The summed E-state index contributed by atoms with van der Waals surface area (Å²) >= 11 is 6.38. The van der Waals surface area contributed by atoms with Gasteiger partial charge in [0.1, 0.15) is 5.69 Å². The Morgan fingerprint density at radius 1 is 0.933 bits per heavy atom. The van der Waals surface area contributed by atoms with Crippen molar-refractivity contribution in [2.45, 2.75) is 13.8 Å². The normalized spacial score (nSPS) is 14.1. The molecule has 2 amide bonds. The lowest BCUT2D eigenvalue weighted by atomic mass is 10.1. The first-order valence-electron chi connectivity index (χ1n) is 9.91. The lowest BCUT2D eigenvalue weighted by molar-refractivity contribution is -0.130. The van der Waals surface area contributed by atoms with Crippen molar-refractivity contribution >= 4 is 23.4 Å². The highest BCUT2D eigenvalue weighted by Gasteiger charge is 2.27. The Morgan fingerprint density at radius 2 is 1.57 bits per heavy atom. The average Bonchev–Trinajstić information content (AvgIpc) is 3.19. The number of aryl methyl sites for hydroxylation is 1. The zero-order chi connectivity index (χ0) is 21.3. The Morgan fingerprint density at radius 3 is 2.20 bits per heavy atom. The van der Waals surface area contributed by atoms with Crippen LogP contribution in [0.4, 0.5) is 0 Å². The smallest absolute Gasteiger partial charge is 0.272 e. The second-order valence-electron chi connectivity index (χ2n) is 7.44. The summed E-state index contributed by atoms with van der Waals surface area (Å²) in [7, 11) is 0. The number of aromatic nitrogens is 2. The van der Waals surface area contributed by atoms with Crippen molar-refractivity contribution in [3.05, 3.63) is 70.9 Å². The Balaban J connectivity index is 1.72. The van der Waals surface area contributed by atoms with Crippen LogP contribution in [0.5, 0.6) is 0 Å². The molecule has 0 saturated carbocycles. The molecule has 30 heavy (non-hydrogen) atoms. The van der Waals surface area contributed by atoms with Crippen molar-refractivity contribution < 1.29 is 9.59 Å². The molecule has 0 unspecified atom stereocenters. The monoisotopic (exact) mass is 422 g/mol. The highest BCUT2D eigenvalue weighted by molar-refractivity contribution is 6.33. The fourth-order valence-corrected chi connectivity index (χ4v) is 3.84. The molecule has 1 saturated heterocycles. The van der Waals surface area contributed by atoms with Crippen LogP contribution in [0.2, 0.25) is 5.02 Å². The first kappa shape index (κ1) is 20.2. The largest absolute Gasteiger partial charge is 0.339 e. The second kappa shape index (κ2) is 8.32. The van der Waals surface area contributed by atoms with Gasteiger partial charge in [0.25, 0.3) is 5.91 Å². The zero-order valence-corrected chi connectivity index (χ0v) is 17.8. The van der Waals surface area contributed by atoms with Crippen LogP contribution in [0.25, 0.3) is 16.9 Å². The van der Waals surface area contributed by atoms with Gasteiger partial charge >= 0.3 is 0 Å². The van der Waals surface area contributed by atoms with Gasteiger partial charge in [-0.3, -0.25) is 9.59 Å². The van der Waals surface area contributed by atoms with E-state index in [4.69, 9.17) is 16.7 Å². The van der Waals surface area contributed by atoms with E-state index in [1.807, 2.05) is 55.5 Å². The van der Waals surface area contributed by atoms with Gasteiger partial charge in [0.05, 0.1) is 16.4 Å². The Kier molecular flexibility index (Phi) is 5.59. The Hall–Kier alpha value is -3.12. The molecular formula is C23H23ClN4O2. The molecule has 1 aliphatic rings. The molecule has 3 aromatic rings. The summed E-state index contributed by atoms with van der Waals surface area (Å²) in [6.07, 6.45) is 0. The van der Waals surface area contributed by atoms with Gasteiger partial charge in [0.2, 0.25) is 5.91 Å². The number of carbonyl (C=O) groups excluding carboxylic acids is 2. The maximum Gasteiger partial charge on any atom is 0.272 e. The summed E-state index contributed by atoms with van der Waals surface area (Å²) in [5, 5.41) is 5.30. The number of carbonyl (C=O) groups is 2. The minimum atomic E-state index is -0.107. The summed E-state index contributed by atoms with van der Waals surface area (Å²) in [5.41, 5.74) is 3.84. The molecule has 0 radical (unpaired) electrons. The standard InChI is InChI=1S/C23H23ClN4O2/c1-16-7-9-18(10-8-16)28-22(15-21(25-28)19-5-3-4-6-20(19)24)23(30)27-13-11-26(12-14-27)17(2)29/h3-10,15H,11-14H2,1-2H3. The van der Waals surface area contributed by atoms with E-state index in [0.717, 1.165) is 16.8 Å². The molecule has 0 aliphatic carbocycles. The van der Waals surface area contributed by atoms with Crippen LogP contribution in [0.15, 0.2) is 54.6 Å². The maximum atomic E-state index is 13.4. The predicted octanol–water partition coefficient (Wildman–Crippen LogP) is 3.81. The number of rotatable bonds is 3. The number of benzene rings is 2. The van der Waals surface area contributed by atoms with Crippen molar-refractivity contribution in [3.63, 3.8) is 0 Å². The van der Waals surface area contributed by atoms with E-state index < -0.39 is 0 Å². The molecular weight excluding hydrogens is 400 g/mol. The van der Waals surface area contributed by atoms with Crippen molar-refractivity contribution in [2.24, 2.45) is 0 Å². The molecule has 2 heterocycles. The van der Waals surface area contributed by atoms with Crippen molar-refractivity contribution in [1.82, 2.24) is 19.6 Å². The van der Waals surface area contributed by atoms with Crippen molar-refractivity contribution in [2.75, 3.05) is 26.2 Å². The highest BCUT2D eigenvalue weighted by Crippen LogP contribution is 2.29. The number of hydrogen-bond acceptors (Lipinski definition) is 3. The number of nitrogens with zero attached hydrogens (tertiary/aromatic N) is 4. The van der Waals surface area contributed by atoms with E-state index in [-0.39, 0.29) is 11.8 Å². The van der Waals surface area contributed by atoms with Crippen LogP contribution in [0.3, 0.4) is 0 Å². The topological polar surface area (TPSA) is 58.4 Å². The first-order valence-corrected chi connectivity index (χ1v) is 10.3. The van der Waals surface area contributed by atoms with Gasteiger partial charge in [-0.1, -0.05) is 47.5 Å². The molecule has 1 aliphatic heterocycles. The Labute approximate surface area is 180 Å². The van der Waals surface area contributed by atoms with Crippen LogP contribution in [0, 0.1) is 6.92 Å². The van der Waals surface area contributed by atoms with E-state index in [9.17, 15) is 9.59 Å². The van der Waals surface area contributed by atoms with Gasteiger partial charge in [-0.15, -0.1) is 0 Å². The van der Waals surface area contributed by atoms with Crippen LogP contribution in [-0.4, -0.2) is 57.6 Å². The molecule has 2 aromatic carbocycles. The van der Waals surface area contributed by atoms with E-state index in [1.54, 1.807) is 27.5 Å². The predicted molar refractivity (Wildman–Crippen MR) is 117 cm³/mol. The third kappa shape index (κ3) is 3.96. The Bertz CT molecular complexity index is 1080. The molecule has 1 fully saturated rings. The number of halogens is 1. The number of amides is 2. The highest BCUT2D eigenvalue weighted by atomic mass is 35.5. The van der Waals surface area contributed by atoms with Crippen LogP contribution in [0.1, 0.15) is 23.0 Å². The fraction of sp³-hybridized carbons (Fsp3) is 0.261. The van der Waals surface area contributed by atoms with Crippen molar-refractivity contribution in [1.29, 1.82) is 0 Å². The van der Waals surface area contributed by atoms with Crippen molar-refractivity contribution in [3.8, 4) is 16.9 Å². The summed E-state index contributed by atoms with van der Waals surface area (Å²) in [6.45, 7) is 5.65. The zero-order valence-electron chi connectivity index (χ0n) is 17.0. The molecule has 0 bridgehead atoms. The fourth-order valence-electron chi connectivity index (χ4n) is 3.60. The lowest BCUT2D eigenvalue weighted by Gasteiger charge is -2.34. The van der Waals surface area contributed by atoms with E-state index in [2.05, 4.69) is 0 Å². The lowest BCUT2D eigenvalue weighted by Crippen LogP contribution is -2.50. The second-order valence-corrected chi connectivity index (χ2v) is 7.85. The van der Waals surface area contributed by atoms with Gasteiger partial charge < -0.3 is 9.80 Å². The van der Waals surface area contributed by atoms with Gasteiger partial charge in [-0.2, -0.15) is 5.10 Å². The number of hydrogen-bond donors (Lipinski definition) is 0. The minimum absolute atomic E-state index is 0.0350. The number of piperazine rings is 1. The molecule has 154 valence electrons. The van der Waals surface area contributed by atoms with E-state index in [0.29, 0.717) is 42.6 Å². The summed E-state index contributed by atoms with van der Waals surface area (Å²) in [5.74, 6) is -0.0719.